The number of rotatable bonds is 5. The molecule has 0 bridgehead atoms. The Morgan fingerprint density at radius 1 is 1.23 bits per heavy atom. The SMILES string of the molecule is CCOC(=O)c1c(NC(=O)C2CCCCC2)sc2c1CC[C@](C#N)(c1ccccc1)C2. The van der Waals surface area contributed by atoms with Gasteiger partial charge in [0.25, 0.3) is 0 Å². The minimum absolute atomic E-state index is 0.00143. The van der Waals surface area contributed by atoms with E-state index in [1.165, 1.54) is 17.8 Å². The Balaban J connectivity index is 1.68. The first-order valence-corrected chi connectivity index (χ1v) is 12.0. The largest absolute Gasteiger partial charge is 0.462 e. The molecule has 1 saturated carbocycles. The standard InChI is InChI=1S/C25H28N2O3S/c1-2-30-24(29)21-19-13-14-25(16-26,18-11-7-4-8-12-18)15-20(19)31-23(21)27-22(28)17-9-5-3-6-10-17/h4,7-8,11-12,17H,2-3,5-6,9-10,13-15H2,1H3,(H,27,28)/t25-/m0/s1. The van der Waals surface area contributed by atoms with Crippen LogP contribution in [0.3, 0.4) is 0 Å². The highest BCUT2D eigenvalue weighted by molar-refractivity contribution is 7.17. The Hall–Kier alpha value is -2.65. The summed E-state index contributed by atoms with van der Waals surface area (Å²) in [6.07, 6.45) is 6.92. The Kier molecular flexibility index (Phi) is 6.43. The maximum atomic E-state index is 12.9. The molecule has 0 spiro atoms. The molecule has 1 aromatic carbocycles. The fourth-order valence-electron chi connectivity index (χ4n) is 4.87. The second-order valence-electron chi connectivity index (χ2n) is 8.49. The summed E-state index contributed by atoms with van der Waals surface area (Å²) >= 11 is 1.44. The molecule has 162 valence electrons. The van der Waals surface area contributed by atoms with Gasteiger partial charge in [-0.1, -0.05) is 49.6 Å². The van der Waals surface area contributed by atoms with Crippen LogP contribution in [-0.4, -0.2) is 18.5 Å². The third-order valence-electron chi connectivity index (χ3n) is 6.59. The number of thiophene rings is 1. The van der Waals surface area contributed by atoms with Gasteiger partial charge in [0, 0.05) is 17.2 Å². The second kappa shape index (κ2) is 9.23. The number of carbonyl (C=O) groups is 2. The summed E-state index contributed by atoms with van der Waals surface area (Å²) in [7, 11) is 0. The van der Waals surface area contributed by atoms with Gasteiger partial charge in [-0.3, -0.25) is 4.79 Å². The number of fused-ring (bicyclic) bond motifs is 1. The topological polar surface area (TPSA) is 79.2 Å². The summed E-state index contributed by atoms with van der Waals surface area (Å²) in [6, 6.07) is 12.4. The number of ether oxygens (including phenoxy) is 1. The van der Waals surface area contributed by atoms with Gasteiger partial charge in [-0.2, -0.15) is 5.26 Å². The fourth-order valence-corrected chi connectivity index (χ4v) is 6.22. The molecular formula is C25H28N2O3S. The smallest absolute Gasteiger partial charge is 0.341 e. The maximum Gasteiger partial charge on any atom is 0.341 e. The molecule has 0 radical (unpaired) electrons. The molecule has 1 heterocycles. The third kappa shape index (κ3) is 4.24. The van der Waals surface area contributed by atoms with E-state index >= 15 is 0 Å². The van der Waals surface area contributed by atoms with E-state index in [0.29, 0.717) is 29.8 Å². The lowest BCUT2D eigenvalue weighted by Crippen LogP contribution is -2.31. The Bertz CT molecular complexity index is 1000. The van der Waals surface area contributed by atoms with Crippen molar-refractivity contribution < 1.29 is 14.3 Å². The average Bonchev–Trinajstić information content (AvgIpc) is 3.16. The Morgan fingerprint density at radius 3 is 2.65 bits per heavy atom. The molecule has 0 aliphatic heterocycles. The van der Waals surface area contributed by atoms with Crippen LogP contribution in [0.2, 0.25) is 0 Å². The molecule has 1 fully saturated rings. The van der Waals surface area contributed by atoms with E-state index in [1.54, 1.807) is 6.92 Å². The van der Waals surface area contributed by atoms with Gasteiger partial charge in [0.1, 0.15) is 5.00 Å². The van der Waals surface area contributed by atoms with Gasteiger partial charge in [0.15, 0.2) is 0 Å². The van der Waals surface area contributed by atoms with Gasteiger partial charge in [-0.15, -0.1) is 11.3 Å². The average molecular weight is 437 g/mol. The summed E-state index contributed by atoms with van der Waals surface area (Å²) in [5, 5.41) is 13.7. The van der Waals surface area contributed by atoms with Crippen molar-refractivity contribution >= 4 is 28.2 Å². The van der Waals surface area contributed by atoms with E-state index in [-0.39, 0.29) is 24.4 Å². The first-order chi connectivity index (χ1) is 15.1. The highest BCUT2D eigenvalue weighted by Crippen LogP contribution is 2.45. The number of esters is 1. The van der Waals surface area contributed by atoms with Crippen molar-refractivity contribution in [2.75, 3.05) is 11.9 Å². The van der Waals surface area contributed by atoms with Crippen molar-refractivity contribution in [3.8, 4) is 6.07 Å². The van der Waals surface area contributed by atoms with Crippen LogP contribution < -0.4 is 5.32 Å². The molecule has 1 aromatic heterocycles. The molecule has 5 nitrogen and oxygen atoms in total. The number of nitrogens with zero attached hydrogens (tertiary/aromatic N) is 1. The van der Waals surface area contributed by atoms with Crippen molar-refractivity contribution in [3.05, 3.63) is 51.9 Å². The van der Waals surface area contributed by atoms with E-state index in [0.717, 1.165) is 41.7 Å². The van der Waals surface area contributed by atoms with Gasteiger partial charge < -0.3 is 10.1 Å². The zero-order chi connectivity index (χ0) is 21.8. The molecule has 2 aliphatic carbocycles. The van der Waals surface area contributed by atoms with Crippen LogP contribution in [0.15, 0.2) is 30.3 Å². The van der Waals surface area contributed by atoms with E-state index in [1.807, 2.05) is 30.3 Å². The predicted octanol–water partition coefficient (Wildman–Crippen LogP) is 5.39. The molecular weight excluding hydrogens is 408 g/mol. The van der Waals surface area contributed by atoms with Crippen LogP contribution in [0.5, 0.6) is 0 Å². The number of hydrogen-bond acceptors (Lipinski definition) is 5. The summed E-state index contributed by atoms with van der Waals surface area (Å²) in [5.74, 6) is -0.382. The quantitative estimate of drug-likeness (QED) is 0.637. The maximum absolute atomic E-state index is 12.9. The van der Waals surface area contributed by atoms with Crippen LogP contribution >= 0.6 is 11.3 Å². The molecule has 0 unspecified atom stereocenters. The molecule has 31 heavy (non-hydrogen) atoms. The fraction of sp³-hybridized carbons (Fsp3) is 0.480. The number of anilines is 1. The summed E-state index contributed by atoms with van der Waals surface area (Å²) in [5.41, 5.74) is 1.81. The van der Waals surface area contributed by atoms with Crippen molar-refractivity contribution in [2.45, 2.75) is 63.7 Å². The van der Waals surface area contributed by atoms with E-state index < -0.39 is 5.41 Å². The minimum atomic E-state index is -0.615. The van der Waals surface area contributed by atoms with Gasteiger partial charge in [0.2, 0.25) is 5.91 Å². The molecule has 1 amide bonds. The van der Waals surface area contributed by atoms with Crippen LogP contribution in [0, 0.1) is 17.2 Å². The predicted molar refractivity (Wildman–Crippen MR) is 121 cm³/mol. The number of carbonyl (C=O) groups excluding carboxylic acids is 2. The van der Waals surface area contributed by atoms with Gasteiger partial charge >= 0.3 is 5.97 Å². The summed E-state index contributed by atoms with van der Waals surface area (Å²) in [4.78, 5) is 26.7. The summed E-state index contributed by atoms with van der Waals surface area (Å²) < 4.78 is 5.33. The van der Waals surface area contributed by atoms with Crippen LogP contribution in [0.1, 0.15) is 71.8 Å². The molecule has 4 rings (SSSR count). The highest BCUT2D eigenvalue weighted by Gasteiger charge is 2.40. The van der Waals surface area contributed by atoms with Crippen LogP contribution in [0.25, 0.3) is 0 Å². The number of amides is 1. The normalized spacial score (nSPS) is 21.0. The molecule has 2 aromatic rings. The molecule has 1 N–H and O–H groups in total. The lowest BCUT2D eigenvalue weighted by molar-refractivity contribution is -0.120. The zero-order valence-corrected chi connectivity index (χ0v) is 18.7. The van der Waals surface area contributed by atoms with Crippen LogP contribution in [-0.2, 0) is 27.8 Å². The van der Waals surface area contributed by atoms with E-state index in [9.17, 15) is 14.9 Å². The third-order valence-corrected chi connectivity index (χ3v) is 7.73. The highest BCUT2D eigenvalue weighted by atomic mass is 32.1. The zero-order valence-electron chi connectivity index (χ0n) is 17.9. The first kappa shape index (κ1) is 21.6. The minimum Gasteiger partial charge on any atom is -0.462 e. The van der Waals surface area contributed by atoms with Gasteiger partial charge in [-0.05, 0) is 43.7 Å². The number of nitrogens with one attached hydrogen (secondary N) is 1. The first-order valence-electron chi connectivity index (χ1n) is 11.2. The lowest BCUT2D eigenvalue weighted by Gasteiger charge is -2.31. The molecule has 1 atom stereocenters. The van der Waals surface area contributed by atoms with Crippen molar-refractivity contribution in [1.82, 2.24) is 0 Å². The van der Waals surface area contributed by atoms with E-state index in [2.05, 4.69) is 11.4 Å². The number of hydrogen-bond donors (Lipinski definition) is 1. The second-order valence-corrected chi connectivity index (χ2v) is 9.59. The lowest BCUT2D eigenvalue weighted by atomic mass is 9.70. The van der Waals surface area contributed by atoms with Crippen molar-refractivity contribution in [3.63, 3.8) is 0 Å². The van der Waals surface area contributed by atoms with E-state index in [4.69, 9.17) is 4.74 Å². The van der Waals surface area contributed by atoms with Crippen LogP contribution in [0.4, 0.5) is 5.00 Å². The van der Waals surface area contributed by atoms with Crippen molar-refractivity contribution in [1.29, 1.82) is 5.26 Å². The number of nitriles is 1. The Labute approximate surface area is 187 Å². The van der Waals surface area contributed by atoms with Gasteiger partial charge in [-0.25, -0.2) is 4.79 Å². The molecule has 0 saturated heterocycles. The number of benzene rings is 1. The summed E-state index contributed by atoms with van der Waals surface area (Å²) in [6.45, 7) is 2.07. The molecule has 2 aliphatic rings. The molecule has 6 heteroatoms. The van der Waals surface area contributed by atoms with Crippen molar-refractivity contribution in [2.24, 2.45) is 5.92 Å². The monoisotopic (exact) mass is 436 g/mol. The Morgan fingerprint density at radius 2 is 1.97 bits per heavy atom. The van der Waals surface area contributed by atoms with Gasteiger partial charge in [0.05, 0.1) is 23.7 Å².